The number of aryl methyl sites for hydroxylation is 1. The van der Waals surface area contributed by atoms with Gasteiger partial charge in [-0.2, -0.15) is 0 Å². The Balaban J connectivity index is 3.08. The minimum absolute atomic E-state index is 1.03. The summed E-state index contributed by atoms with van der Waals surface area (Å²) >= 11 is 0. The summed E-state index contributed by atoms with van der Waals surface area (Å²) in [5, 5.41) is 0. The molecule has 0 N–H and O–H groups in total. The van der Waals surface area contributed by atoms with Crippen LogP contribution in [-0.4, -0.2) is 0 Å². The van der Waals surface area contributed by atoms with Gasteiger partial charge < -0.3 is 0 Å². The molecule has 0 saturated heterocycles. The van der Waals surface area contributed by atoms with Gasteiger partial charge in [-0.3, -0.25) is 0 Å². The third kappa shape index (κ3) is 2.35. The van der Waals surface area contributed by atoms with Crippen LogP contribution in [0.4, 0.5) is 0 Å². The van der Waals surface area contributed by atoms with Crippen molar-refractivity contribution < 1.29 is 0 Å². The topological polar surface area (TPSA) is 0 Å². The van der Waals surface area contributed by atoms with Gasteiger partial charge in [0.15, 0.2) is 0 Å². The minimum Gasteiger partial charge on any atom is -0.0984 e. The highest BCUT2D eigenvalue weighted by atomic mass is 14.1. The molecule has 0 heteroatoms. The summed E-state index contributed by atoms with van der Waals surface area (Å²) in [5.74, 6) is 0. The molecule has 1 aromatic rings. The molecule has 0 bridgehead atoms. The lowest BCUT2D eigenvalue weighted by molar-refractivity contribution is 1.12. The van der Waals surface area contributed by atoms with E-state index >= 15 is 0 Å². The van der Waals surface area contributed by atoms with Crippen molar-refractivity contribution >= 4 is 6.08 Å². The van der Waals surface area contributed by atoms with Crippen LogP contribution in [0, 0.1) is 6.92 Å². The number of hydrogen-bond acceptors (Lipinski definition) is 0. The molecule has 0 aliphatic heterocycles. The highest BCUT2D eigenvalue weighted by Gasteiger charge is 2.01. The maximum absolute atomic E-state index is 3.87. The summed E-state index contributed by atoms with van der Waals surface area (Å²) in [6.07, 6.45) is 5.14. The fraction of sp³-hybridized carbons (Fsp3) is 0.286. The van der Waals surface area contributed by atoms with Crippen molar-refractivity contribution in [1.29, 1.82) is 0 Å². The molecule has 0 radical (unpaired) electrons. The Kier molecular flexibility index (Phi) is 3.70. The van der Waals surface area contributed by atoms with Crippen molar-refractivity contribution in [2.24, 2.45) is 0 Å². The molecule has 0 heterocycles. The van der Waals surface area contributed by atoms with Gasteiger partial charge >= 0.3 is 0 Å². The molecular weight excluding hydrogens is 168 g/mol. The van der Waals surface area contributed by atoms with Crippen molar-refractivity contribution in [1.82, 2.24) is 0 Å². The van der Waals surface area contributed by atoms with Crippen LogP contribution in [0.3, 0.4) is 0 Å². The van der Waals surface area contributed by atoms with Crippen LogP contribution < -0.4 is 0 Å². The zero-order valence-corrected chi connectivity index (χ0v) is 9.30. The highest BCUT2D eigenvalue weighted by molar-refractivity contribution is 5.56. The molecule has 0 aliphatic rings. The normalized spacial score (nSPS) is 11.5. The van der Waals surface area contributed by atoms with Gasteiger partial charge in [0.05, 0.1) is 0 Å². The van der Waals surface area contributed by atoms with Crippen LogP contribution >= 0.6 is 0 Å². The summed E-state index contributed by atoms with van der Waals surface area (Å²) in [7, 11) is 0. The Hall–Kier alpha value is -1.30. The molecule has 0 amide bonds. The first kappa shape index (κ1) is 10.8. The van der Waals surface area contributed by atoms with E-state index in [0.717, 1.165) is 6.42 Å². The molecule has 0 saturated carbocycles. The Morgan fingerprint density at radius 1 is 1.43 bits per heavy atom. The lowest BCUT2D eigenvalue weighted by atomic mass is 9.97. The zero-order valence-electron chi connectivity index (χ0n) is 9.30. The molecule has 0 fully saturated rings. The van der Waals surface area contributed by atoms with Gasteiger partial charge in [0, 0.05) is 0 Å². The largest absolute Gasteiger partial charge is 0.0984 e. The summed E-state index contributed by atoms with van der Waals surface area (Å²) in [6.45, 7) is 10.2. The van der Waals surface area contributed by atoms with E-state index in [-0.39, 0.29) is 0 Å². The number of rotatable bonds is 3. The van der Waals surface area contributed by atoms with Crippen LogP contribution in [0.2, 0.25) is 0 Å². The molecule has 0 unspecified atom stereocenters. The molecule has 0 atom stereocenters. The monoisotopic (exact) mass is 186 g/mol. The minimum atomic E-state index is 1.03. The van der Waals surface area contributed by atoms with Gasteiger partial charge in [0.1, 0.15) is 0 Å². The van der Waals surface area contributed by atoms with Crippen LogP contribution in [0.25, 0.3) is 6.08 Å². The molecular formula is C14H18. The van der Waals surface area contributed by atoms with Gasteiger partial charge in [-0.15, -0.1) is 0 Å². The molecule has 0 spiro atoms. The van der Waals surface area contributed by atoms with E-state index in [2.05, 4.69) is 51.6 Å². The Morgan fingerprint density at radius 2 is 2.14 bits per heavy atom. The van der Waals surface area contributed by atoms with E-state index in [1.165, 1.54) is 22.3 Å². The SMILES string of the molecule is C=Cc1c(C)cccc1CC(C)=CC. The summed E-state index contributed by atoms with van der Waals surface area (Å²) < 4.78 is 0. The first-order chi connectivity index (χ1) is 6.69. The third-order valence-corrected chi connectivity index (χ3v) is 2.58. The van der Waals surface area contributed by atoms with Crippen LogP contribution in [-0.2, 0) is 6.42 Å². The second kappa shape index (κ2) is 4.80. The van der Waals surface area contributed by atoms with E-state index < -0.39 is 0 Å². The van der Waals surface area contributed by atoms with E-state index in [1.54, 1.807) is 0 Å². The highest BCUT2D eigenvalue weighted by Crippen LogP contribution is 2.18. The first-order valence-corrected chi connectivity index (χ1v) is 5.01. The van der Waals surface area contributed by atoms with Gasteiger partial charge in [0.2, 0.25) is 0 Å². The van der Waals surface area contributed by atoms with Crippen molar-refractivity contribution in [2.75, 3.05) is 0 Å². The Morgan fingerprint density at radius 3 is 2.71 bits per heavy atom. The zero-order chi connectivity index (χ0) is 10.6. The maximum Gasteiger partial charge on any atom is -0.00640 e. The van der Waals surface area contributed by atoms with Gasteiger partial charge in [-0.1, -0.05) is 42.5 Å². The fourth-order valence-electron chi connectivity index (χ4n) is 1.59. The first-order valence-electron chi connectivity index (χ1n) is 5.01. The number of hydrogen-bond donors (Lipinski definition) is 0. The molecule has 74 valence electrons. The van der Waals surface area contributed by atoms with E-state index in [9.17, 15) is 0 Å². The molecule has 1 aromatic carbocycles. The Bertz CT molecular complexity index is 356. The average Bonchev–Trinajstić information content (AvgIpc) is 2.18. The van der Waals surface area contributed by atoms with E-state index in [1.807, 2.05) is 6.08 Å². The predicted molar refractivity (Wildman–Crippen MR) is 64.4 cm³/mol. The van der Waals surface area contributed by atoms with E-state index in [0.29, 0.717) is 0 Å². The lowest BCUT2D eigenvalue weighted by Crippen LogP contribution is -1.93. The van der Waals surface area contributed by atoms with E-state index in [4.69, 9.17) is 0 Å². The third-order valence-electron chi connectivity index (χ3n) is 2.58. The second-order valence-electron chi connectivity index (χ2n) is 3.66. The van der Waals surface area contributed by atoms with Crippen LogP contribution in [0.1, 0.15) is 30.5 Å². The predicted octanol–water partition coefficient (Wildman–Crippen LogP) is 4.15. The second-order valence-corrected chi connectivity index (χ2v) is 3.66. The maximum atomic E-state index is 3.87. The van der Waals surface area contributed by atoms with Gasteiger partial charge in [0.25, 0.3) is 0 Å². The average molecular weight is 186 g/mol. The van der Waals surface area contributed by atoms with Crippen LogP contribution in [0.15, 0.2) is 36.4 Å². The molecule has 0 nitrogen and oxygen atoms in total. The molecule has 14 heavy (non-hydrogen) atoms. The fourth-order valence-corrected chi connectivity index (χ4v) is 1.59. The van der Waals surface area contributed by atoms with Crippen molar-refractivity contribution in [3.63, 3.8) is 0 Å². The van der Waals surface area contributed by atoms with Gasteiger partial charge in [-0.25, -0.2) is 0 Å². The van der Waals surface area contributed by atoms with Crippen molar-refractivity contribution in [2.45, 2.75) is 27.2 Å². The molecule has 1 rings (SSSR count). The summed E-state index contributed by atoms with van der Waals surface area (Å²) in [4.78, 5) is 0. The van der Waals surface area contributed by atoms with Crippen LogP contribution in [0.5, 0.6) is 0 Å². The molecule has 0 aliphatic carbocycles. The summed E-state index contributed by atoms with van der Waals surface area (Å²) in [6, 6.07) is 6.42. The number of benzene rings is 1. The standard InChI is InChI=1S/C14H18/c1-5-11(3)10-13-9-7-8-12(4)14(13)6-2/h5-9H,2,10H2,1,3-4H3. The number of allylic oxidation sites excluding steroid dienone is 2. The quantitative estimate of drug-likeness (QED) is 0.622. The van der Waals surface area contributed by atoms with Gasteiger partial charge in [-0.05, 0) is 43.9 Å². The van der Waals surface area contributed by atoms with Crippen molar-refractivity contribution in [3.8, 4) is 0 Å². The Labute approximate surface area is 87.0 Å². The van der Waals surface area contributed by atoms with Crippen molar-refractivity contribution in [3.05, 3.63) is 53.1 Å². The lowest BCUT2D eigenvalue weighted by Gasteiger charge is -2.08. The molecule has 0 aromatic heterocycles. The summed E-state index contributed by atoms with van der Waals surface area (Å²) in [5.41, 5.74) is 5.37. The smallest absolute Gasteiger partial charge is 0.00640 e.